The number of rotatable bonds is 6. The smallest absolute Gasteiger partial charge is 0.325 e. The van der Waals surface area contributed by atoms with E-state index in [0.29, 0.717) is 0 Å². The van der Waals surface area contributed by atoms with Crippen molar-refractivity contribution in [3.8, 4) is 10.4 Å². The molecule has 0 spiro atoms. The number of sulfonamides is 1. The van der Waals surface area contributed by atoms with Crippen LogP contribution in [0.15, 0.2) is 77.0 Å². The van der Waals surface area contributed by atoms with Crippen molar-refractivity contribution in [1.29, 1.82) is 0 Å². The number of benzene rings is 2. The van der Waals surface area contributed by atoms with Crippen LogP contribution in [0.25, 0.3) is 10.4 Å². The van der Waals surface area contributed by atoms with Crippen LogP contribution in [0.1, 0.15) is 17.9 Å². The number of aliphatic carboxylic acids is 1. The Balaban J connectivity index is 1.61. The zero-order chi connectivity index (χ0) is 19.1. The lowest BCUT2D eigenvalue weighted by Crippen LogP contribution is -2.44. The van der Waals surface area contributed by atoms with Crippen LogP contribution >= 0.6 is 11.3 Å². The summed E-state index contributed by atoms with van der Waals surface area (Å²) in [6.07, 6.45) is 0.239. The molecule has 138 valence electrons. The van der Waals surface area contributed by atoms with Gasteiger partial charge in [-0.15, -0.1) is 11.3 Å². The molecule has 1 aliphatic carbocycles. The molecule has 5 nitrogen and oxygen atoms in total. The summed E-state index contributed by atoms with van der Waals surface area (Å²) in [5.74, 6) is -1.53. The van der Waals surface area contributed by atoms with E-state index >= 15 is 0 Å². The summed E-state index contributed by atoms with van der Waals surface area (Å²) in [6, 6.07) is 21.9. The third-order valence-corrected chi connectivity index (χ3v) is 7.90. The van der Waals surface area contributed by atoms with Crippen molar-refractivity contribution in [1.82, 2.24) is 4.72 Å². The highest BCUT2D eigenvalue weighted by molar-refractivity contribution is 7.91. The molecule has 0 aliphatic heterocycles. The molecule has 2 aromatic carbocycles. The van der Waals surface area contributed by atoms with Crippen LogP contribution in [-0.2, 0) is 14.8 Å². The van der Waals surface area contributed by atoms with E-state index in [-0.39, 0.29) is 16.5 Å². The van der Waals surface area contributed by atoms with Crippen molar-refractivity contribution in [3.05, 3.63) is 78.4 Å². The summed E-state index contributed by atoms with van der Waals surface area (Å²) in [5, 5.41) is 9.71. The quantitative estimate of drug-likeness (QED) is 0.662. The summed E-state index contributed by atoms with van der Waals surface area (Å²) in [6.45, 7) is 0. The maximum absolute atomic E-state index is 12.8. The molecule has 1 heterocycles. The van der Waals surface area contributed by atoms with Crippen molar-refractivity contribution in [2.75, 3.05) is 0 Å². The first-order valence-corrected chi connectivity index (χ1v) is 10.7. The van der Waals surface area contributed by atoms with E-state index in [0.717, 1.165) is 27.3 Å². The van der Waals surface area contributed by atoms with E-state index < -0.39 is 21.5 Å². The molecule has 0 saturated heterocycles. The minimum Gasteiger partial charge on any atom is -0.480 e. The molecule has 1 fully saturated rings. The van der Waals surface area contributed by atoms with Gasteiger partial charge in [0.25, 0.3) is 10.0 Å². The van der Waals surface area contributed by atoms with Gasteiger partial charge in [0.1, 0.15) is 9.75 Å². The van der Waals surface area contributed by atoms with Gasteiger partial charge < -0.3 is 5.11 Å². The van der Waals surface area contributed by atoms with E-state index in [9.17, 15) is 18.3 Å². The van der Waals surface area contributed by atoms with Crippen LogP contribution in [0, 0.1) is 0 Å². The molecular weight excluding hydrogens is 382 g/mol. The molecule has 1 aliphatic rings. The molecule has 0 bridgehead atoms. The van der Waals surface area contributed by atoms with Crippen molar-refractivity contribution in [2.24, 2.45) is 0 Å². The molecule has 1 unspecified atom stereocenters. The summed E-state index contributed by atoms with van der Waals surface area (Å²) in [7, 11) is -3.94. The van der Waals surface area contributed by atoms with Gasteiger partial charge in [0.15, 0.2) is 0 Å². The SMILES string of the molecule is O=C(O)C1(NS(=O)(=O)c2ccc(-c3ccccc3)s2)C[C@H]1c1ccccc1. The van der Waals surface area contributed by atoms with Crippen LogP contribution in [0.3, 0.4) is 0 Å². The predicted octanol–water partition coefficient (Wildman–Crippen LogP) is 3.70. The minimum absolute atomic E-state index is 0.112. The predicted molar refractivity (Wildman–Crippen MR) is 104 cm³/mol. The normalized spacial score (nSPS) is 21.7. The Bertz CT molecular complexity index is 1080. The number of thiophene rings is 1. The van der Waals surface area contributed by atoms with Crippen LogP contribution in [0.4, 0.5) is 0 Å². The zero-order valence-electron chi connectivity index (χ0n) is 14.2. The van der Waals surface area contributed by atoms with Crippen molar-refractivity contribution < 1.29 is 18.3 Å². The second kappa shape index (κ2) is 6.60. The van der Waals surface area contributed by atoms with Gasteiger partial charge in [-0.3, -0.25) is 4.79 Å². The monoisotopic (exact) mass is 399 g/mol. The molecule has 1 aromatic heterocycles. The van der Waals surface area contributed by atoms with Gasteiger partial charge in [-0.2, -0.15) is 4.72 Å². The fraction of sp³-hybridized carbons (Fsp3) is 0.150. The van der Waals surface area contributed by atoms with Gasteiger partial charge in [-0.1, -0.05) is 60.7 Å². The molecule has 3 aromatic rings. The Labute approximate surface area is 161 Å². The van der Waals surface area contributed by atoms with Gasteiger partial charge in [-0.05, 0) is 29.7 Å². The number of carboxylic acids is 1. The molecule has 0 amide bonds. The molecule has 2 atom stereocenters. The average molecular weight is 399 g/mol. The Morgan fingerprint density at radius 3 is 2.26 bits per heavy atom. The van der Waals surface area contributed by atoms with E-state index in [1.807, 2.05) is 60.7 Å². The number of hydrogen-bond acceptors (Lipinski definition) is 4. The summed E-state index contributed by atoms with van der Waals surface area (Å²) in [4.78, 5) is 12.7. The van der Waals surface area contributed by atoms with Crippen LogP contribution in [0.5, 0.6) is 0 Å². The number of nitrogens with one attached hydrogen (secondary N) is 1. The highest BCUT2D eigenvalue weighted by Crippen LogP contribution is 2.52. The molecule has 4 rings (SSSR count). The number of hydrogen-bond donors (Lipinski definition) is 2. The largest absolute Gasteiger partial charge is 0.480 e. The van der Waals surface area contributed by atoms with E-state index in [1.165, 1.54) is 6.07 Å². The number of carbonyl (C=O) groups is 1. The third-order valence-electron chi connectivity index (χ3n) is 4.77. The first-order valence-electron chi connectivity index (χ1n) is 8.40. The van der Waals surface area contributed by atoms with E-state index in [4.69, 9.17) is 0 Å². The number of carboxylic acid groups (broad SMARTS) is 1. The average Bonchev–Trinajstić information content (AvgIpc) is 3.16. The third kappa shape index (κ3) is 3.29. The topological polar surface area (TPSA) is 83.5 Å². The van der Waals surface area contributed by atoms with Gasteiger partial charge in [0.05, 0.1) is 0 Å². The summed E-state index contributed by atoms with van der Waals surface area (Å²) < 4.78 is 28.3. The minimum atomic E-state index is -3.94. The maximum atomic E-state index is 12.8. The summed E-state index contributed by atoms with van der Waals surface area (Å²) in [5.41, 5.74) is 0.251. The fourth-order valence-electron chi connectivity index (χ4n) is 3.26. The second-order valence-corrected chi connectivity index (χ2v) is 9.53. The molecule has 1 saturated carbocycles. The van der Waals surface area contributed by atoms with Crippen molar-refractivity contribution in [2.45, 2.75) is 22.1 Å². The maximum Gasteiger partial charge on any atom is 0.325 e. The first kappa shape index (κ1) is 17.9. The Morgan fingerprint density at radius 2 is 1.63 bits per heavy atom. The molecule has 0 radical (unpaired) electrons. The molecular formula is C20H17NO4S2. The lowest BCUT2D eigenvalue weighted by Gasteiger charge is -2.14. The lowest BCUT2D eigenvalue weighted by molar-refractivity contribution is -0.140. The molecule has 7 heteroatoms. The van der Waals surface area contributed by atoms with Crippen molar-refractivity contribution >= 4 is 27.3 Å². The van der Waals surface area contributed by atoms with Crippen LogP contribution < -0.4 is 4.72 Å². The Hall–Kier alpha value is -2.48. The van der Waals surface area contributed by atoms with Gasteiger partial charge >= 0.3 is 5.97 Å². The summed E-state index contributed by atoms with van der Waals surface area (Å²) >= 11 is 1.13. The second-order valence-electron chi connectivity index (χ2n) is 6.53. The Morgan fingerprint density at radius 1 is 1.00 bits per heavy atom. The molecule has 27 heavy (non-hydrogen) atoms. The van der Waals surface area contributed by atoms with E-state index in [2.05, 4.69) is 4.72 Å². The Kier molecular flexibility index (Phi) is 4.38. The highest BCUT2D eigenvalue weighted by atomic mass is 32.2. The lowest BCUT2D eigenvalue weighted by atomic mass is 10.1. The highest BCUT2D eigenvalue weighted by Gasteiger charge is 2.63. The van der Waals surface area contributed by atoms with Gasteiger partial charge in [0, 0.05) is 10.8 Å². The van der Waals surface area contributed by atoms with E-state index in [1.54, 1.807) is 6.07 Å². The first-order chi connectivity index (χ1) is 12.9. The van der Waals surface area contributed by atoms with Gasteiger partial charge in [-0.25, -0.2) is 8.42 Å². The zero-order valence-corrected chi connectivity index (χ0v) is 15.8. The standard InChI is InChI=1S/C20H17NO4S2/c22-19(23)20(13-16(20)14-7-3-1-4-8-14)21-27(24,25)18-12-11-17(26-18)15-9-5-2-6-10-15/h1-12,16,21H,13H2,(H,22,23)/t16-,20?/m0/s1. The fourth-order valence-corrected chi connectivity index (χ4v) is 5.97. The van der Waals surface area contributed by atoms with Crippen LogP contribution in [-0.4, -0.2) is 25.0 Å². The van der Waals surface area contributed by atoms with Crippen LogP contribution in [0.2, 0.25) is 0 Å². The van der Waals surface area contributed by atoms with Gasteiger partial charge in [0.2, 0.25) is 0 Å². The molecule has 2 N–H and O–H groups in total. The van der Waals surface area contributed by atoms with Crippen molar-refractivity contribution in [3.63, 3.8) is 0 Å².